The second kappa shape index (κ2) is 10.7. The smallest absolute Gasteiger partial charge is 0.488 e. The molecular weight excluding hydrogens is 563 g/mol. The minimum Gasteiger partial charge on any atom is -0.493 e. The fourth-order valence-corrected chi connectivity index (χ4v) is 5.84. The van der Waals surface area contributed by atoms with E-state index in [4.69, 9.17) is 9.47 Å². The first-order chi connectivity index (χ1) is 20.1. The summed E-state index contributed by atoms with van der Waals surface area (Å²) in [6.07, 6.45) is 4.01. The summed E-state index contributed by atoms with van der Waals surface area (Å²) in [5.74, 6) is 0.258. The van der Waals surface area contributed by atoms with E-state index in [-0.39, 0.29) is 23.1 Å². The van der Waals surface area contributed by atoms with Gasteiger partial charge in [-0.3, -0.25) is 9.78 Å². The quantitative estimate of drug-likeness (QED) is 0.244. The van der Waals surface area contributed by atoms with Gasteiger partial charge in [-0.15, -0.1) is 0 Å². The zero-order valence-corrected chi connectivity index (χ0v) is 23.7. The Bertz CT molecular complexity index is 2060. The number of nitriles is 1. The van der Waals surface area contributed by atoms with Crippen molar-refractivity contribution >= 4 is 43.3 Å². The van der Waals surface area contributed by atoms with E-state index in [0.29, 0.717) is 87.9 Å². The molecule has 2 aromatic carbocycles. The molecule has 1 saturated heterocycles. The zero-order valence-electron chi connectivity index (χ0n) is 22.9. The van der Waals surface area contributed by atoms with Crippen molar-refractivity contribution in [2.75, 3.05) is 19.8 Å². The number of hydrogen-bond donors (Lipinski definition) is 1. The number of hydrogen-bond acceptors (Lipinski definition) is 8. The van der Waals surface area contributed by atoms with Crippen molar-refractivity contribution in [3.05, 3.63) is 64.6 Å². The third-order valence-electron chi connectivity index (χ3n) is 7.33. The van der Waals surface area contributed by atoms with Gasteiger partial charge in [0, 0.05) is 47.5 Å². The largest absolute Gasteiger partial charge is 0.493 e. The normalized spacial score (nSPS) is 14.5. The highest BCUT2D eigenvalue weighted by atomic mass is 32.3. The lowest BCUT2D eigenvalue weighted by atomic mass is 10.00. The lowest BCUT2D eigenvalue weighted by Crippen LogP contribution is -2.22. The first-order valence-corrected chi connectivity index (χ1v) is 14.8. The summed E-state index contributed by atoms with van der Waals surface area (Å²) in [6.45, 7) is 5.45. The Labute approximate surface area is 240 Å². The first kappa shape index (κ1) is 27.7. The van der Waals surface area contributed by atoms with Gasteiger partial charge in [-0.2, -0.15) is 13.7 Å². The Kier molecular flexibility index (Phi) is 7.08. The van der Waals surface area contributed by atoms with Gasteiger partial charge in [0.05, 0.1) is 40.7 Å². The standard InChI is InChI=1S/C30H27FN4O6S/c1-17(2)16-40-27-12-24-26(11-23(27)19-10-21(15-33-14-19)41-42(31,37)38)35(20-5-7-39-8-6-20)30-28(29(24)36)22-4-3-18(13-32)9-25(22)34-30/h3-4,9-12,14-15,17,20,34H,5-8,16H2,1-2H3. The predicted octanol–water partition coefficient (Wildman–Crippen LogP) is 5.55. The maximum Gasteiger partial charge on any atom is 0.488 e. The van der Waals surface area contributed by atoms with Gasteiger partial charge in [0.2, 0.25) is 0 Å². The molecular formula is C30H27FN4O6S. The average Bonchev–Trinajstić information content (AvgIpc) is 3.34. The van der Waals surface area contributed by atoms with Gasteiger partial charge in [0.15, 0.2) is 11.2 Å². The molecule has 0 aliphatic carbocycles. The Balaban J connectivity index is 1.69. The molecule has 4 heterocycles. The van der Waals surface area contributed by atoms with Crippen LogP contribution in [0.25, 0.3) is 44.0 Å². The summed E-state index contributed by atoms with van der Waals surface area (Å²) in [6, 6.07) is 12.2. The van der Waals surface area contributed by atoms with E-state index in [1.807, 2.05) is 19.9 Å². The molecule has 0 bridgehead atoms. The van der Waals surface area contributed by atoms with Crippen molar-refractivity contribution in [3.8, 4) is 28.7 Å². The summed E-state index contributed by atoms with van der Waals surface area (Å²) >= 11 is 0. The second-order valence-corrected chi connectivity index (χ2v) is 11.7. The highest BCUT2D eigenvalue weighted by Crippen LogP contribution is 2.39. The van der Waals surface area contributed by atoms with Crippen LogP contribution in [0.3, 0.4) is 0 Å². The van der Waals surface area contributed by atoms with Crippen molar-refractivity contribution in [2.45, 2.75) is 32.7 Å². The number of nitrogens with one attached hydrogen (secondary N) is 1. The monoisotopic (exact) mass is 590 g/mol. The number of H-pyrrole nitrogens is 1. The molecule has 42 heavy (non-hydrogen) atoms. The van der Waals surface area contributed by atoms with Crippen molar-refractivity contribution in [2.24, 2.45) is 5.92 Å². The molecule has 0 amide bonds. The summed E-state index contributed by atoms with van der Waals surface area (Å²) in [4.78, 5) is 21.6. The van der Waals surface area contributed by atoms with E-state index in [9.17, 15) is 22.4 Å². The Morgan fingerprint density at radius 2 is 1.95 bits per heavy atom. The molecule has 1 N–H and O–H groups in total. The number of aromatic amines is 1. The summed E-state index contributed by atoms with van der Waals surface area (Å²) in [7, 11) is -5.26. The number of halogens is 1. The third kappa shape index (κ3) is 5.17. The van der Waals surface area contributed by atoms with Gasteiger partial charge in [0.25, 0.3) is 0 Å². The van der Waals surface area contributed by atoms with Gasteiger partial charge in [-0.25, -0.2) is 0 Å². The molecule has 0 unspecified atom stereocenters. The molecule has 6 rings (SSSR count). The zero-order chi connectivity index (χ0) is 29.6. The fourth-order valence-electron chi connectivity index (χ4n) is 5.52. The van der Waals surface area contributed by atoms with Gasteiger partial charge >= 0.3 is 10.5 Å². The summed E-state index contributed by atoms with van der Waals surface area (Å²) in [5.41, 5.74) is 3.15. The molecule has 5 aromatic rings. The number of nitrogens with zero attached hydrogens (tertiary/aromatic N) is 3. The second-order valence-electron chi connectivity index (χ2n) is 10.7. The van der Waals surface area contributed by atoms with Crippen molar-refractivity contribution in [1.29, 1.82) is 5.26 Å². The van der Waals surface area contributed by atoms with E-state index >= 15 is 0 Å². The van der Waals surface area contributed by atoms with Crippen LogP contribution in [0.15, 0.2) is 53.6 Å². The van der Waals surface area contributed by atoms with Crippen LogP contribution in [0, 0.1) is 17.2 Å². The predicted molar refractivity (Wildman–Crippen MR) is 156 cm³/mol. The first-order valence-electron chi connectivity index (χ1n) is 13.5. The number of ether oxygens (including phenoxy) is 2. The highest BCUT2D eigenvalue weighted by molar-refractivity contribution is 7.81. The number of fused-ring (bicyclic) bond motifs is 4. The fraction of sp³-hybridized carbons (Fsp3) is 0.300. The molecule has 0 saturated carbocycles. The van der Waals surface area contributed by atoms with Crippen LogP contribution in [-0.4, -0.2) is 42.8 Å². The van der Waals surface area contributed by atoms with Crippen molar-refractivity contribution < 1.29 is 26.0 Å². The molecule has 0 radical (unpaired) electrons. The van der Waals surface area contributed by atoms with E-state index in [0.717, 1.165) is 6.20 Å². The van der Waals surface area contributed by atoms with Gasteiger partial charge in [-0.05, 0) is 49.1 Å². The molecule has 10 nitrogen and oxygen atoms in total. The van der Waals surface area contributed by atoms with E-state index in [1.165, 1.54) is 12.3 Å². The lowest BCUT2D eigenvalue weighted by Gasteiger charge is -2.28. The Morgan fingerprint density at radius 3 is 2.67 bits per heavy atom. The van der Waals surface area contributed by atoms with Gasteiger partial charge in [-0.1, -0.05) is 23.8 Å². The highest BCUT2D eigenvalue weighted by Gasteiger charge is 2.25. The maximum atomic E-state index is 14.2. The molecule has 1 fully saturated rings. The van der Waals surface area contributed by atoms with Crippen LogP contribution in [0.4, 0.5) is 3.89 Å². The van der Waals surface area contributed by atoms with E-state index < -0.39 is 10.5 Å². The van der Waals surface area contributed by atoms with Crippen LogP contribution < -0.4 is 14.3 Å². The summed E-state index contributed by atoms with van der Waals surface area (Å²) in [5, 5.41) is 11.1. The lowest BCUT2D eigenvalue weighted by molar-refractivity contribution is 0.0715. The maximum absolute atomic E-state index is 14.2. The van der Waals surface area contributed by atoms with Crippen LogP contribution in [0.1, 0.15) is 38.3 Å². The van der Waals surface area contributed by atoms with Crippen LogP contribution in [-0.2, 0) is 15.2 Å². The Morgan fingerprint density at radius 1 is 1.17 bits per heavy atom. The molecule has 3 aromatic heterocycles. The topological polar surface area (TPSA) is 136 Å². The molecule has 0 atom stereocenters. The molecule has 0 spiro atoms. The number of pyridine rings is 2. The average molecular weight is 591 g/mol. The molecule has 216 valence electrons. The van der Waals surface area contributed by atoms with E-state index in [2.05, 4.69) is 24.8 Å². The number of aromatic nitrogens is 3. The van der Waals surface area contributed by atoms with Crippen molar-refractivity contribution in [1.82, 2.24) is 14.5 Å². The summed E-state index contributed by atoms with van der Waals surface area (Å²) < 4.78 is 54.0. The SMILES string of the molecule is CC(C)COc1cc2c(=O)c3c4ccc(C#N)cc4[nH]c3n(C3CCOCC3)c2cc1-c1cncc(OS(=O)(=O)F)c1. The third-order valence-corrected chi connectivity index (χ3v) is 7.72. The number of benzene rings is 2. The van der Waals surface area contributed by atoms with Gasteiger partial charge < -0.3 is 23.2 Å². The van der Waals surface area contributed by atoms with Crippen LogP contribution in [0.5, 0.6) is 11.5 Å². The number of rotatable bonds is 7. The molecule has 1 aliphatic heterocycles. The minimum atomic E-state index is -5.26. The van der Waals surface area contributed by atoms with Crippen molar-refractivity contribution in [3.63, 3.8) is 0 Å². The van der Waals surface area contributed by atoms with Crippen LogP contribution >= 0.6 is 0 Å². The van der Waals surface area contributed by atoms with Crippen LogP contribution in [0.2, 0.25) is 0 Å². The Hall–Kier alpha value is -4.47. The van der Waals surface area contributed by atoms with E-state index in [1.54, 1.807) is 24.3 Å². The molecule has 1 aliphatic rings. The minimum absolute atomic E-state index is 0.00685. The van der Waals surface area contributed by atoms with Gasteiger partial charge in [0.1, 0.15) is 11.4 Å². The molecule has 12 heteroatoms.